The molecule has 8 aromatic rings. The lowest BCUT2D eigenvalue weighted by molar-refractivity contribution is 0.481. The number of aromatic nitrogens is 2. The quantitative estimate of drug-likeness (QED) is 0.0963. The van der Waals surface area contributed by atoms with Gasteiger partial charge in [0, 0.05) is 44.8 Å². The monoisotopic (exact) mass is 820 g/mol. The number of furan rings is 2. The molecule has 0 fully saturated rings. The summed E-state index contributed by atoms with van der Waals surface area (Å²) in [7, 11) is -6.73. The van der Waals surface area contributed by atoms with Crippen molar-refractivity contribution in [2.75, 3.05) is 22.0 Å². The largest absolute Gasteiger partial charge is 0.461 e. The zero-order valence-electron chi connectivity index (χ0n) is 34.3. The average Bonchev–Trinajstić information content (AvgIpc) is 3.97. The van der Waals surface area contributed by atoms with Crippen molar-refractivity contribution in [3.63, 3.8) is 0 Å². The summed E-state index contributed by atoms with van der Waals surface area (Å²) in [4.78, 5) is 6.64. The maximum absolute atomic E-state index is 11.8. The molecule has 4 N–H and O–H groups in total. The van der Waals surface area contributed by atoms with Crippen molar-refractivity contribution in [1.29, 1.82) is 0 Å². The second-order valence-corrected chi connectivity index (χ2v) is 18.9. The number of hydrogen-bond donors (Lipinski definition) is 4. The van der Waals surface area contributed by atoms with E-state index >= 15 is 0 Å². The summed E-state index contributed by atoms with van der Waals surface area (Å²) in [6.07, 6.45) is 10.0. The Balaban J connectivity index is 0.000000177. The molecule has 0 bridgehead atoms. The highest BCUT2D eigenvalue weighted by Crippen LogP contribution is 2.47. The molecule has 0 atom stereocenters. The van der Waals surface area contributed by atoms with Gasteiger partial charge in [0.2, 0.25) is 20.0 Å². The van der Waals surface area contributed by atoms with Crippen LogP contribution in [0.15, 0.2) is 106 Å². The van der Waals surface area contributed by atoms with Gasteiger partial charge in [-0.2, -0.15) is 0 Å². The fraction of sp³-hybridized carbons (Fsp3) is 0.304. The van der Waals surface area contributed by atoms with Gasteiger partial charge >= 0.3 is 0 Å². The minimum Gasteiger partial charge on any atom is -0.461 e. The Morgan fingerprint density at radius 1 is 0.552 bits per heavy atom. The Morgan fingerprint density at radius 3 is 1.59 bits per heavy atom. The number of hydrogen-bond acceptors (Lipinski definition) is 6. The topological polar surface area (TPSA) is 150 Å². The second kappa shape index (κ2) is 15.4. The normalized spacial score (nSPS) is 12.7. The smallest absolute Gasteiger partial charge is 0.229 e. The van der Waals surface area contributed by atoms with Crippen molar-refractivity contribution in [2.24, 2.45) is 0 Å². The minimum atomic E-state index is -3.37. The van der Waals surface area contributed by atoms with Crippen molar-refractivity contribution in [2.45, 2.75) is 78.1 Å². The maximum atomic E-state index is 11.8. The number of H-pyrrole nitrogens is 2. The van der Waals surface area contributed by atoms with Crippen LogP contribution in [0.25, 0.3) is 43.7 Å². The lowest BCUT2D eigenvalue weighted by Crippen LogP contribution is -2.26. The van der Waals surface area contributed by atoms with Crippen LogP contribution in [0.3, 0.4) is 0 Å². The third-order valence-corrected chi connectivity index (χ3v) is 13.0. The molecular formula is C46H52N4O6S2. The molecule has 0 radical (unpaired) electrons. The van der Waals surface area contributed by atoms with E-state index in [1.165, 1.54) is 29.2 Å². The highest BCUT2D eigenvalue weighted by Gasteiger charge is 2.36. The van der Waals surface area contributed by atoms with Gasteiger partial charge in [-0.05, 0) is 98.2 Å². The molecule has 12 heteroatoms. The van der Waals surface area contributed by atoms with Crippen LogP contribution >= 0.6 is 0 Å². The van der Waals surface area contributed by atoms with E-state index in [1.54, 1.807) is 12.1 Å². The number of anilines is 2. The van der Waals surface area contributed by atoms with Crippen LogP contribution in [0.5, 0.6) is 0 Å². The summed E-state index contributed by atoms with van der Waals surface area (Å²) in [5, 5.41) is 4.29. The van der Waals surface area contributed by atoms with Gasteiger partial charge in [-0.25, -0.2) is 16.8 Å². The Bertz CT molecular complexity index is 3000. The minimum absolute atomic E-state index is 0.211. The average molecular weight is 821 g/mol. The van der Waals surface area contributed by atoms with E-state index in [4.69, 9.17) is 8.83 Å². The van der Waals surface area contributed by atoms with Crippen molar-refractivity contribution in [3.8, 4) is 0 Å². The zero-order valence-corrected chi connectivity index (χ0v) is 36.0. The van der Waals surface area contributed by atoms with Crippen LogP contribution in [0, 0.1) is 13.8 Å². The van der Waals surface area contributed by atoms with E-state index in [2.05, 4.69) is 83.5 Å². The molecule has 0 aliphatic carbocycles. The number of nitrogens with one attached hydrogen (secondary N) is 4. The van der Waals surface area contributed by atoms with Gasteiger partial charge in [0.05, 0.1) is 34.9 Å². The standard InChI is InChI=1S/2C23H26N2O3S/c1-5-23(6-2,18-10-8-12-21-17(18)13-15(3)28-21)19-14-24-22-16(19)9-7-11-20(22)25-29(4,26)27;1-5-23(6-2,17-11-10-16-12-15(3)28-21(16)13-17)19-14-24-22-18(19)8-7-9-20(22)25-29(4,26)27/h2*7-14,24-25H,5-6H2,1-4H3. The van der Waals surface area contributed by atoms with Gasteiger partial charge in [-0.15, -0.1) is 0 Å². The summed E-state index contributed by atoms with van der Waals surface area (Å²) >= 11 is 0. The summed E-state index contributed by atoms with van der Waals surface area (Å²) in [6.45, 7) is 12.7. The van der Waals surface area contributed by atoms with E-state index in [1.807, 2.05) is 62.6 Å². The van der Waals surface area contributed by atoms with Crippen LogP contribution in [-0.4, -0.2) is 39.3 Å². The Hall–Kier alpha value is -5.46. The number of para-hydroxylation sites is 2. The van der Waals surface area contributed by atoms with Crippen LogP contribution < -0.4 is 9.44 Å². The van der Waals surface area contributed by atoms with E-state index in [-0.39, 0.29) is 10.8 Å². The molecule has 8 rings (SSSR count). The number of sulfonamides is 2. The van der Waals surface area contributed by atoms with Gasteiger partial charge in [0.1, 0.15) is 22.7 Å². The molecule has 0 aliphatic heterocycles. The predicted molar refractivity (Wildman–Crippen MR) is 238 cm³/mol. The molecule has 0 aliphatic rings. The number of rotatable bonds is 12. The van der Waals surface area contributed by atoms with Crippen molar-refractivity contribution >= 4 is 75.2 Å². The molecule has 58 heavy (non-hydrogen) atoms. The fourth-order valence-corrected chi connectivity index (χ4v) is 10.2. The third-order valence-electron chi connectivity index (χ3n) is 11.9. The number of aryl methyl sites for hydroxylation is 2. The highest BCUT2D eigenvalue weighted by molar-refractivity contribution is 7.92. The summed E-state index contributed by atoms with van der Waals surface area (Å²) < 4.78 is 64.2. The maximum Gasteiger partial charge on any atom is 0.229 e. The van der Waals surface area contributed by atoms with Gasteiger partial charge < -0.3 is 18.8 Å². The van der Waals surface area contributed by atoms with Gasteiger partial charge in [-0.3, -0.25) is 9.44 Å². The molecule has 0 unspecified atom stereocenters. The van der Waals surface area contributed by atoms with Gasteiger partial charge in [0.15, 0.2) is 0 Å². The Kier molecular flexibility index (Phi) is 10.8. The van der Waals surface area contributed by atoms with Gasteiger partial charge in [-0.1, -0.05) is 76.2 Å². The van der Waals surface area contributed by atoms with E-state index in [9.17, 15) is 16.8 Å². The van der Waals surface area contributed by atoms with E-state index in [0.717, 1.165) is 86.5 Å². The molecule has 4 aromatic carbocycles. The summed E-state index contributed by atoms with van der Waals surface area (Å²) in [5.41, 5.74) is 8.85. The van der Waals surface area contributed by atoms with Crippen LogP contribution in [-0.2, 0) is 30.9 Å². The van der Waals surface area contributed by atoms with E-state index in [0.29, 0.717) is 11.4 Å². The van der Waals surface area contributed by atoms with Crippen LogP contribution in [0.4, 0.5) is 11.4 Å². The van der Waals surface area contributed by atoms with Crippen molar-refractivity contribution in [1.82, 2.24) is 9.97 Å². The molecule has 4 heterocycles. The fourth-order valence-electron chi connectivity index (χ4n) is 9.09. The SMILES string of the molecule is CCC(CC)(c1ccc2cc(C)oc2c1)c1c[nH]c2c(NS(C)(=O)=O)cccc12.CCC(CC)(c1cccc2oc(C)cc12)c1c[nH]c2c(NS(C)(=O)=O)cccc12. The summed E-state index contributed by atoms with van der Waals surface area (Å²) in [5.74, 6) is 1.80. The van der Waals surface area contributed by atoms with Crippen LogP contribution in [0.1, 0.15) is 87.2 Å². The summed E-state index contributed by atoms with van der Waals surface area (Å²) in [6, 6.07) is 28.3. The molecule has 304 valence electrons. The molecule has 0 amide bonds. The number of benzene rings is 4. The second-order valence-electron chi connectivity index (χ2n) is 15.4. The first-order chi connectivity index (χ1) is 27.6. The number of fused-ring (bicyclic) bond motifs is 4. The highest BCUT2D eigenvalue weighted by atomic mass is 32.2. The predicted octanol–water partition coefficient (Wildman–Crippen LogP) is 11.4. The first-order valence-electron chi connectivity index (χ1n) is 19.7. The van der Waals surface area contributed by atoms with Crippen LogP contribution in [0.2, 0.25) is 0 Å². The first kappa shape index (κ1) is 40.7. The molecule has 0 spiro atoms. The number of aromatic amines is 2. The van der Waals surface area contributed by atoms with Crippen molar-refractivity contribution in [3.05, 3.63) is 131 Å². The molecular weight excluding hydrogens is 769 g/mol. The molecule has 4 aromatic heterocycles. The third kappa shape index (κ3) is 7.39. The molecule has 0 saturated heterocycles. The van der Waals surface area contributed by atoms with E-state index < -0.39 is 20.0 Å². The Labute approximate surface area is 340 Å². The lowest BCUT2D eigenvalue weighted by atomic mass is 9.69. The first-order valence-corrected chi connectivity index (χ1v) is 23.5. The van der Waals surface area contributed by atoms with Crippen molar-refractivity contribution < 1.29 is 25.7 Å². The molecule has 0 saturated carbocycles. The van der Waals surface area contributed by atoms with Gasteiger partial charge in [0.25, 0.3) is 0 Å². The zero-order chi connectivity index (χ0) is 41.6. The Morgan fingerprint density at radius 2 is 1.05 bits per heavy atom. The molecule has 10 nitrogen and oxygen atoms in total. The lowest BCUT2D eigenvalue weighted by Gasteiger charge is -2.33.